The normalized spacial score (nSPS) is 17.0. The highest BCUT2D eigenvalue weighted by Gasteiger charge is 2.27. The summed E-state index contributed by atoms with van der Waals surface area (Å²) in [6.45, 7) is 1.57. The molecule has 0 spiro atoms. The van der Waals surface area contributed by atoms with Crippen molar-refractivity contribution in [1.82, 2.24) is 20.0 Å². The van der Waals surface area contributed by atoms with Gasteiger partial charge in [-0.3, -0.25) is 9.88 Å². The van der Waals surface area contributed by atoms with E-state index < -0.39 is 0 Å². The van der Waals surface area contributed by atoms with Gasteiger partial charge in [0.25, 0.3) is 0 Å². The van der Waals surface area contributed by atoms with Crippen LogP contribution in [0.4, 0.5) is 0 Å². The van der Waals surface area contributed by atoms with Gasteiger partial charge in [0.05, 0.1) is 33.4 Å². The van der Waals surface area contributed by atoms with Crippen LogP contribution in [0.25, 0.3) is 11.4 Å². The summed E-state index contributed by atoms with van der Waals surface area (Å²) in [6.07, 6.45) is 7.19. The molecular formula is C22H26N4O4. The van der Waals surface area contributed by atoms with Crippen molar-refractivity contribution < 1.29 is 18.7 Å². The molecule has 1 atom stereocenters. The third-order valence-electron chi connectivity index (χ3n) is 5.43. The highest BCUT2D eigenvalue weighted by molar-refractivity contribution is 5.72. The van der Waals surface area contributed by atoms with Crippen molar-refractivity contribution in [2.24, 2.45) is 0 Å². The molecule has 0 aliphatic carbocycles. The van der Waals surface area contributed by atoms with E-state index in [-0.39, 0.29) is 0 Å². The van der Waals surface area contributed by atoms with Gasteiger partial charge in [0.1, 0.15) is 0 Å². The Morgan fingerprint density at radius 2 is 1.93 bits per heavy atom. The summed E-state index contributed by atoms with van der Waals surface area (Å²) < 4.78 is 22.0. The van der Waals surface area contributed by atoms with Crippen molar-refractivity contribution in [2.75, 3.05) is 27.9 Å². The molecule has 0 saturated carbocycles. The molecule has 0 amide bonds. The summed E-state index contributed by atoms with van der Waals surface area (Å²) in [5, 5.41) is 4.19. The molecule has 4 rings (SSSR count). The van der Waals surface area contributed by atoms with Crippen LogP contribution in [0.2, 0.25) is 0 Å². The maximum atomic E-state index is 5.59. The zero-order valence-corrected chi connectivity index (χ0v) is 17.5. The van der Waals surface area contributed by atoms with Gasteiger partial charge in [0.15, 0.2) is 11.5 Å². The number of piperidine rings is 1. The Bertz CT molecular complexity index is 977. The lowest BCUT2D eigenvalue weighted by Crippen LogP contribution is -2.33. The van der Waals surface area contributed by atoms with Gasteiger partial charge >= 0.3 is 0 Å². The minimum atomic E-state index is 0.304. The summed E-state index contributed by atoms with van der Waals surface area (Å²) in [5.41, 5.74) is 1.91. The fourth-order valence-electron chi connectivity index (χ4n) is 4.01. The first-order valence-corrected chi connectivity index (χ1v) is 10.0. The maximum Gasteiger partial charge on any atom is 0.241 e. The summed E-state index contributed by atoms with van der Waals surface area (Å²) in [7, 11) is 4.73. The monoisotopic (exact) mass is 410 g/mol. The van der Waals surface area contributed by atoms with Gasteiger partial charge in [0.2, 0.25) is 17.5 Å². The highest BCUT2D eigenvalue weighted by Crippen LogP contribution is 2.43. The van der Waals surface area contributed by atoms with Gasteiger partial charge in [-0.25, -0.2) is 0 Å². The lowest BCUT2D eigenvalue weighted by molar-refractivity contribution is 0.123. The molecule has 0 N–H and O–H groups in total. The van der Waals surface area contributed by atoms with E-state index in [0.717, 1.165) is 19.4 Å². The number of nitrogens with zero attached hydrogens (tertiary/aromatic N) is 4. The number of ether oxygens (including phenoxy) is 3. The first-order chi connectivity index (χ1) is 14.7. The lowest BCUT2D eigenvalue weighted by Gasteiger charge is -2.34. The first-order valence-electron chi connectivity index (χ1n) is 10.0. The van der Waals surface area contributed by atoms with Gasteiger partial charge in [-0.05, 0) is 43.1 Å². The summed E-state index contributed by atoms with van der Waals surface area (Å²) in [6, 6.07) is 8.06. The Morgan fingerprint density at radius 3 is 2.67 bits per heavy atom. The molecule has 158 valence electrons. The van der Waals surface area contributed by atoms with E-state index in [9.17, 15) is 0 Å². The Labute approximate surface area is 175 Å². The van der Waals surface area contributed by atoms with Gasteiger partial charge in [-0.2, -0.15) is 4.98 Å². The lowest BCUT2D eigenvalue weighted by atomic mass is 9.96. The molecule has 0 radical (unpaired) electrons. The predicted molar refractivity (Wildman–Crippen MR) is 111 cm³/mol. The quantitative estimate of drug-likeness (QED) is 0.580. The Hall–Kier alpha value is -3.13. The number of methoxy groups -OCH3 is 3. The number of pyridine rings is 1. The Balaban J connectivity index is 1.59. The van der Waals surface area contributed by atoms with E-state index >= 15 is 0 Å². The van der Waals surface area contributed by atoms with Crippen molar-refractivity contribution in [1.29, 1.82) is 0 Å². The van der Waals surface area contributed by atoms with Crippen LogP contribution in [0.3, 0.4) is 0 Å². The van der Waals surface area contributed by atoms with Crippen LogP contribution in [-0.4, -0.2) is 47.9 Å². The van der Waals surface area contributed by atoms with E-state index in [1.54, 1.807) is 33.6 Å². The van der Waals surface area contributed by atoms with Gasteiger partial charge in [0, 0.05) is 18.4 Å². The predicted octanol–water partition coefficient (Wildman–Crippen LogP) is 3.88. The molecule has 1 saturated heterocycles. The second kappa shape index (κ2) is 9.13. The minimum Gasteiger partial charge on any atom is -0.493 e. The molecule has 0 bridgehead atoms. The van der Waals surface area contributed by atoms with E-state index in [1.807, 2.05) is 18.3 Å². The summed E-state index contributed by atoms with van der Waals surface area (Å²) in [5.74, 6) is 2.61. The highest BCUT2D eigenvalue weighted by atomic mass is 16.5. The smallest absolute Gasteiger partial charge is 0.241 e. The summed E-state index contributed by atoms with van der Waals surface area (Å²) in [4.78, 5) is 11.3. The molecule has 3 heterocycles. The van der Waals surface area contributed by atoms with Crippen LogP contribution < -0.4 is 14.2 Å². The van der Waals surface area contributed by atoms with Crippen LogP contribution >= 0.6 is 0 Å². The molecular weight excluding hydrogens is 384 g/mol. The van der Waals surface area contributed by atoms with Crippen LogP contribution in [-0.2, 0) is 6.54 Å². The van der Waals surface area contributed by atoms with Gasteiger partial charge in [-0.1, -0.05) is 17.6 Å². The largest absolute Gasteiger partial charge is 0.493 e. The molecule has 0 unspecified atom stereocenters. The standard InChI is InChI=1S/C22H26N4O4/c1-27-18-10-9-16(20(28-2)21(18)29-3)22-24-19(30-25-22)14-26-12-5-4-8-17(26)15-7-6-11-23-13-15/h6-7,9-11,13,17H,4-5,8,12,14H2,1-3H3/t17-/m0/s1. The third-order valence-corrected chi connectivity index (χ3v) is 5.43. The van der Waals surface area contributed by atoms with Crippen molar-refractivity contribution in [2.45, 2.75) is 31.8 Å². The Kier molecular flexibility index (Phi) is 6.13. The molecule has 1 aromatic carbocycles. The van der Waals surface area contributed by atoms with Crippen molar-refractivity contribution >= 4 is 0 Å². The molecule has 8 heteroatoms. The number of rotatable bonds is 7. The zero-order chi connectivity index (χ0) is 20.9. The first kappa shape index (κ1) is 20.2. The SMILES string of the molecule is COc1ccc(-c2noc(CN3CCCC[C@H]3c3cccnc3)n2)c(OC)c1OC. The Morgan fingerprint density at radius 1 is 1.07 bits per heavy atom. The van der Waals surface area contributed by atoms with E-state index in [1.165, 1.54) is 12.0 Å². The van der Waals surface area contributed by atoms with Crippen molar-refractivity contribution in [3.05, 3.63) is 48.1 Å². The van der Waals surface area contributed by atoms with Crippen molar-refractivity contribution in [3.63, 3.8) is 0 Å². The van der Waals surface area contributed by atoms with E-state index in [4.69, 9.17) is 18.7 Å². The minimum absolute atomic E-state index is 0.304. The van der Waals surface area contributed by atoms with Crippen molar-refractivity contribution in [3.8, 4) is 28.6 Å². The fourth-order valence-corrected chi connectivity index (χ4v) is 4.01. The maximum absolute atomic E-state index is 5.59. The number of likely N-dealkylation sites (tertiary alicyclic amines) is 1. The molecule has 1 aliphatic rings. The van der Waals surface area contributed by atoms with Gasteiger partial charge < -0.3 is 18.7 Å². The number of hydrogen-bond donors (Lipinski definition) is 0. The van der Waals surface area contributed by atoms with E-state index in [0.29, 0.717) is 47.1 Å². The topological polar surface area (TPSA) is 82.7 Å². The number of benzene rings is 1. The van der Waals surface area contributed by atoms with Crippen LogP contribution in [0.15, 0.2) is 41.2 Å². The second-order valence-electron chi connectivity index (χ2n) is 7.16. The zero-order valence-electron chi connectivity index (χ0n) is 17.5. The molecule has 3 aromatic rings. The third kappa shape index (κ3) is 3.95. The molecule has 30 heavy (non-hydrogen) atoms. The average molecular weight is 410 g/mol. The fraction of sp³-hybridized carbons (Fsp3) is 0.409. The van der Waals surface area contributed by atoms with Crippen LogP contribution in [0.1, 0.15) is 36.8 Å². The van der Waals surface area contributed by atoms with Crippen LogP contribution in [0.5, 0.6) is 17.2 Å². The molecule has 2 aromatic heterocycles. The number of aromatic nitrogens is 3. The molecule has 1 aliphatic heterocycles. The van der Waals surface area contributed by atoms with Crippen LogP contribution in [0, 0.1) is 0 Å². The van der Waals surface area contributed by atoms with E-state index in [2.05, 4.69) is 26.1 Å². The molecule has 8 nitrogen and oxygen atoms in total. The second-order valence-corrected chi connectivity index (χ2v) is 7.16. The molecule has 1 fully saturated rings. The van der Waals surface area contributed by atoms with Gasteiger partial charge in [-0.15, -0.1) is 0 Å². The summed E-state index contributed by atoms with van der Waals surface area (Å²) >= 11 is 0. The number of hydrogen-bond acceptors (Lipinski definition) is 8. The average Bonchev–Trinajstić information content (AvgIpc) is 3.27.